The van der Waals surface area contributed by atoms with Crippen molar-refractivity contribution in [3.05, 3.63) is 35.3 Å². The van der Waals surface area contributed by atoms with Crippen molar-refractivity contribution in [3.63, 3.8) is 0 Å². The quantitative estimate of drug-likeness (QED) is 0.770. The Kier molecular flexibility index (Phi) is 2.91. The molecule has 1 radical (unpaired) electrons. The second-order valence-corrected chi connectivity index (χ2v) is 3.95. The van der Waals surface area contributed by atoms with Gasteiger partial charge in [-0.1, -0.05) is 18.7 Å². The van der Waals surface area contributed by atoms with Gasteiger partial charge in [-0.3, -0.25) is 4.79 Å². The highest BCUT2D eigenvalue weighted by Crippen LogP contribution is 2.25. The van der Waals surface area contributed by atoms with Crippen LogP contribution in [-0.2, 0) is 0 Å². The number of carbonyl (C=O) groups is 1. The maximum Gasteiger partial charge on any atom is 0.315 e. The Bertz CT molecular complexity index is 421. The Morgan fingerprint density at radius 2 is 2.53 bits per heavy atom. The summed E-state index contributed by atoms with van der Waals surface area (Å²) in [6.45, 7) is 2.03. The largest absolute Gasteiger partial charge is 0.459 e. The molecule has 0 atom stereocenters. The van der Waals surface area contributed by atoms with E-state index in [0.717, 1.165) is 11.3 Å². The van der Waals surface area contributed by atoms with Crippen LogP contribution in [0.4, 0.5) is 0 Å². The Hall–Kier alpha value is -1.49. The lowest BCUT2D eigenvalue weighted by Gasteiger charge is -1.93. The number of aliphatic imine (C=N–C) groups is 1. The van der Waals surface area contributed by atoms with E-state index in [9.17, 15) is 4.79 Å². The van der Waals surface area contributed by atoms with Crippen LogP contribution in [0.5, 0.6) is 0 Å². The van der Waals surface area contributed by atoms with Crippen LogP contribution in [0.15, 0.2) is 38.9 Å². The van der Waals surface area contributed by atoms with Crippen molar-refractivity contribution in [2.45, 2.75) is 13.3 Å². The van der Waals surface area contributed by atoms with Crippen LogP contribution >= 0.6 is 11.8 Å². The fourth-order valence-electron chi connectivity index (χ4n) is 1.05. The van der Waals surface area contributed by atoms with E-state index in [0.29, 0.717) is 5.17 Å². The topological polar surface area (TPSA) is 56.7 Å². The number of nitrogens with zero attached hydrogens (tertiary/aromatic N) is 2. The van der Waals surface area contributed by atoms with E-state index >= 15 is 0 Å². The zero-order chi connectivity index (χ0) is 10.7. The number of amidine groups is 1. The molecule has 1 aliphatic heterocycles. The van der Waals surface area contributed by atoms with Gasteiger partial charge in [0.1, 0.15) is 0 Å². The van der Waals surface area contributed by atoms with Gasteiger partial charge in [-0.05, 0) is 18.6 Å². The zero-order valence-electron chi connectivity index (χ0n) is 8.14. The molecule has 4 nitrogen and oxygen atoms in total. The second-order valence-electron chi connectivity index (χ2n) is 2.86. The molecule has 1 aliphatic rings. The molecule has 0 spiro atoms. The molecule has 1 aromatic rings. The van der Waals surface area contributed by atoms with Crippen molar-refractivity contribution in [3.8, 4) is 0 Å². The molecule has 0 saturated carbocycles. The number of thioether (sulfide) groups is 1. The Balaban J connectivity index is 2.04. The Morgan fingerprint density at radius 3 is 3.13 bits per heavy atom. The van der Waals surface area contributed by atoms with Gasteiger partial charge in [0.05, 0.1) is 6.26 Å². The van der Waals surface area contributed by atoms with E-state index < -0.39 is 5.91 Å². The van der Waals surface area contributed by atoms with Crippen molar-refractivity contribution < 1.29 is 9.21 Å². The van der Waals surface area contributed by atoms with Crippen LogP contribution in [-0.4, -0.2) is 11.1 Å². The lowest BCUT2D eigenvalue weighted by Crippen LogP contribution is -2.04. The molecule has 1 amide bonds. The SMILES string of the molecule is CCC1=C[N]C(=NC(=O)c2ccco2)S1. The van der Waals surface area contributed by atoms with Crippen molar-refractivity contribution in [1.82, 2.24) is 5.32 Å². The van der Waals surface area contributed by atoms with Crippen LogP contribution in [0.25, 0.3) is 0 Å². The molecule has 0 aliphatic carbocycles. The summed E-state index contributed by atoms with van der Waals surface area (Å²) in [5.41, 5.74) is 0. The van der Waals surface area contributed by atoms with Crippen LogP contribution in [0, 0.1) is 0 Å². The Morgan fingerprint density at radius 1 is 1.67 bits per heavy atom. The monoisotopic (exact) mass is 221 g/mol. The number of allylic oxidation sites excluding steroid dienone is 1. The molecule has 0 N–H and O–H groups in total. The van der Waals surface area contributed by atoms with Crippen molar-refractivity contribution >= 4 is 22.8 Å². The van der Waals surface area contributed by atoms with E-state index in [1.54, 1.807) is 18.3 Å². The van der Waals surface area contributed by atoms with E-state index in [-0.39, 0.29) is 5.76 Å². The van der Waals surface area contributed by atoms with Gasteiger partial charge in [-0.15, -0.1) is 0 Å². The molecule has 0 bridgehead atoms. The van der Waals surface area contributed by atoms with Gasteiger partial charge in [0, 0.05) is 11.1 Å². The molecular weight excluding hydrogens is 212 g/mol. The lowest BCUT2D eigenvalue weighted by atomic mass is 10.4. The predicted molar refractivity (Wildman–Crippen MR) is 58.6 cm³/mol. The third-order valence-electron chi connectivity index (χ3n) is 1.82. The van der Waals surface area contributed by atoms with E-state index in [4.69, 9.17) is 4.42 Å². The summed E-state index contributed by atoms with van der Waals surface area (Å²) in [5, 5.41) is 4.51. The highest BCUT2D eigenvalue weighted by atomic mass is 32.2. The number of hydrogen-bond donors (Lipinski definition) is 0. The van der Waals surface area contributed by atoms with Gasteiger partial charge in [-0.25, -0.2) is 5.32 Å². The third-order valence-corrected chi connectivity index (χ3v) is 2.85. The number of amides is 1. The molecule has 1 aromatic heterocycles. The molecule has 0 saturated heterocycles. The molecule has 5 heteroatoms. The number of hydrogen-bond acceptors (Lipinski definition) is 3. The number of carbonyl (C=O) groups excluding carboxylic acids is 1. The zero-order valence-corrected chi connectivity index (χ0v) is 8.95. The third kappa shape index (κ3) is 2.30. The lowest BCUT2D eigenvalue weighted by molar-refractivity contribution is 0.0976. The standard InChI is InChI=1S/C10H9N2O2S/c1-2-7-6-11-10(15-7)12-9(13)8-4-3-5-14-8/h3-6H,2H2,1H3. The second kappa shape index (κ2) is 4.35. The average Bonchev–Trinajstić information content (AvgIpc) is 2.87. The summed E-state index contributed by atoms with van der Waals surface area (Å²) in [6, 6.07) is 3.24. The minimum atomic E-state index is -0.392. The highest BCUT2D eigenvalue weighted by Gasteiger charge is 2.15. The summed E-state index contributed by atoms with van der Waals surface area (Å²) in [4.78, 5) is 16.4. The fourth-order valence-corrected chi connectivity index (χ4v) is 1.77. The van der Waals surface area contributed by atoms with Gasteiger partial charge in [-0.2, -0.15) is 4.99 Å². The fraction of sp³-hybridized carbons (Fsp3) is 0.200. The Labute approximate surface area is 91.4 Å². The van der Waals surface area contributed by atoms with Crippen LogP contribution in [0.3, 0.4) is 0 Å². The van der Waals surface area contributed by atoms with E-state index in [1.807, 2.05) is 6.92 Å². The van der Waals surface area contributed by atoms with Crippen LogP contribution in [0.1, 0.15) is 23.9 Å². The minimum absolute atomic E-state index is 0.239. The summed E-state index contributed by atoms with van der Waals surface area (Å²) >= 11 is 1.42. The van der Waals surface area contributed by atoms with Gasteiger partial charge in [0.15, 0.2) is 10.9 Å². The van der Waals surface area contributed by atoms with Gasteiger partial charge >= 0.3 is 5.91 Å². The average molecular weight is 221 g/mol. The van der Waals surface area contributed by atoms with Crippen LogP contribution < -0.4 is 5.32 Å². The summed E-state index contributed by atoms with van der Waals surface area (Å²) in [7, 11) is 0. The van der Waals surface area contributed by atoms with Crippen molar-refractivity contribution in [2.75, 3.05) is 0 Å². The van der Waals surface area contributed by atoms with Gasteiger partial charge in [0.25, 0.3) is 0 Å². The molecular formula is C10H9N2O2S. The van der Waals surface area contributed by atoms with E-state index in [2.05, 4.69) is 10.3 Å². The first-order chi connectivity index (χ1) is 7.29. The normalized spacial score (nSPS) is 17.7. The summed E-state index contributed by atoms with van der Waals surface area (Å²) < 4.78 is 4.93. The summed E-state index contributed by atoms with van der Waals surface area (Å²) in [6.07, 6.45) is 4.09. The molecule has 77 valence electrons. The highest BCUT2D eigenvalue weighted by molar-refractivity contribution is 8.17. The molecule has 2 heterocycles. The molecule has 2 rings (SSSR count). The molecule has 0 unspecified atom stereocenters. The van der Waals surface area contributed by atoms with Gasteiger partial charge in [0.2, 0.25) is 0 Å². The number of rotatable bonds is 2. The smallest absolute Gasteiger partial charge is 0.315 e. The van der Waals surface area contributed by atoms with Gasteiger partial charge < -0.3 is 4.42 Å². The number of furan rings is 1. The van der Waals surface area contributed by atoms with Crippen molar-refractivity contribution in [2.24, 2.45) is 4.99 Å². The molecule has 0 fully saturated rings. The maximum absolute atomic E-state index is 11.5. The van der Waals surface area contributed by atoms with Crippen molar-refractivity contribution in [1.29, 1.82) is 0 Å². The predicted octanol–water partition coefficient (Wildman–Crippen LogP) is 2.38. The first-order valence-electron chi connectivity index (χ1n) is 4.54. The molecule has 15 heavy (non-hydrogen) atoms. The van der Waals surface area contributed by atoms with E-state index in [1.165, 1.54) is 18.0 Å². The maximum atomic E-state index is 11.5. The van der Waals surface area contributed by atoms with Crippen LogP contribution in [0.2, 0.25) is 0 Å². The minimum Gasteiger partial charge on any atom is -0.459 e. The first-order valence-corrected chi connectivity index (χ1v) is 5.35. The first kappa shape index (κ1) is 10.0. The molecule has 0 aromatic carbocycles. The summed E-state index contributed by atoms with van der Waals surface area (Å²) in [5.74, 6) is -0.153.